The maximum Gasteiger partial charge on any atom is 0.255 e. The summed E-state index contributed by atoms with van der Waals surface area (Å²) in [5, 5.41) is 12.9. The minimum absolute atomic E-state index is 0.183. The summed E-state index contributed by atoms with van der Waals surface area (Å²) >= 11 is 0. The number of carbonyl (C=O) groups is 1. The highest BCUT2D eigenvalue weighted by molar-refractivity contribution is 7.92. The number of sulfonamides is 1. The van der Waals surface area contributed by atoms with Crippen molar-refractivity contribution in [3.8, 4) is 39.7 Å². The van der Waals surface area contributed by atoms with E-state index in [-0.39, 0.29) is 29.1 Å². The lowest BCUT2D eigenvalue weighted by molar-refractivity contribution is 0.0964. The van der Waals surface area contributed by atoms with Gasteiger partial charge in [-0.1, -0.05) is 18.2 Å². The lowest BCUT2D eigenvalue weighted by Crippen LogP contribution is -2.33. The number of nitrogens with one attached hydrogen (secondary N) is 1. The number of methoxy groups -OCH3 is 1. The molecule has 0 spiro atoms. The molecule has 0 fully saturated rings. The van der Waals surface area contributed by atoms with Crippen molar-refractivity contribution in [2.75, 3.05) is 37.9 Å². The molecule has 12 heteroatoms. The summed E-state index contributed by atoms with van der Waals surface area (Å²) in [6.07, 6.45) is 1.04. The number of halogens is 1. The third kappa shape index (κ3) is 5.49. The quantitative estimate of drug-likeness (QED) is 0.204. The number of rotatable bonds is 9. The Balaban J connectivity index is 1.66. The summed E-state index contributed by atoms with van der Waals surface area (Å²) in [6.45, 7) is -0.691. The molecular weight excluding hydrogens is 601 g/mol. The van der Waals surface area contributed by atoms with Gasteiger partial charge in [0.15, 0.2) is 5.58 Å². The number of amides is 1. The first-order valence-electron chi connectivity index (χ1n) is 13.8. The third-order valence-electron chi connectivity index (χ3n) is 7.37. The van der Waals surface area contributed by atoms with Crippen molar-refractivity contribution >= 4 is 43.7 Å². The van der Waals surface area contributed by atoms with E-state index in [1.54, 1.807) is 30.3 Å². The molecule has 0 aliphatic carbocycles. The van der Waals surface area contributed by atoms with Gasteiger partial charge in [-0.15, -0.1) is 0 Å². The number of fused-ring (bicyclic) bond motifs is 2. The van der Waals surface area contributed by atoms with Crippen LogP contribution in [0.2, 0.25) is 0 Å². The van der Waals surface area contributed by atoms with Gasteiger partial charge in [0.25, 0.3) is 5.91 Å². The van der Waals surface area contributed by atoms with Crippen LogP contribution in [0.25, 0.3) is 56.0 Å². The van der Waals surface area contributed by atoms with E-state index in [0.29, 0.717) is 50.4 Å². The highest BCUT2D eigenvalue weighted by atomic mass is 32.2. The molecule has 2 aromatic heterocycles. The maximum absolute atomic E-state index is 13.8. The van der Waals surface area contributed by atoms with Crippen LogP contribution in [0.3, 0.4) is 0 Å². The molecule has 0 saturated carbocycles. The predicted molar refractivity (Wildman–Crippen MR) is 169 cm³/mol. The number of aromatic nitrogens is 1. The predicted octanol–water partition coefficient (Wildman–Crippen LogP) is 5.84. The number of hydrogen-bond donors (Lipinski definition) is 2. The first-order chi connectivity index (χ1) is 21.6. The van der Waals surface area contributed by atoms with Crippen LogP contribution < -0.4 is 14.4 Å². The fourth-order valence-corrected chi connectivity index (χ4v) is 6.23. The number of carbonyl (C=O) groups excluding carboxylic acids is 1. The lowest BCUT2D eigenvalue weighted by atomic mass is 9.97. The van der Waals surface area contributed by atoms with Crippen LogP contribution >= 0.6 is 0 Å². The van der Waals surface area contributed by atoms with Crippen LogP contribution in [0.1, 0.15) is 10.4 Å². The first kappa shape index (κ1) is 29.9. The van der Waals surface area contributed by atoms with Gasteiger partial charge < -0.3 is 24.0 Å². The van der Waals surface area contributed by atoms with Crippen LogP contribution in [0.4, 0.5) is 10.1 Å². The Labute approximate surface area is 257 Å². The Hall–Kier alpha value is -5.20. The SMILES string of the molecule is CNC(=O)c1c(-c2ccc(F)cc2)oc2cc(N(CCO)S(C)(=O)=O)c(-c3ccc(OC)c(-c4nc5ccccc5o4)c3)cc12. The average Bonchev–Trinajstić information content (AvgIpc) is 3.64. The van der Waals surface area contributed by atoms with Gasteiger partial charge in [0.1, 0.15) is 28.4 Å². The van der Waals surface area contributed by atoms with E-state index >= 15 is 0 Å². The monoisotopic (exact) mass is 629 g/mol. The average molecular weight is 630 g/mol. The lowest BCUT2D eigenvalue weighted by Gasteiger charge is -2.24. The Kier molecular flexibility index (Phi) is 7.77. The van der Waals surface area contributed by atoms with Crippen LogP contribution in [-0.4, -0.2) is 58.0 Å². The van der Waals surface area contributed by atoms with E-state index in [0.717, 1.165) is 10.6 Å². The number of aliphatic hydroxyl groups excluding tert-OH is 1. The Morgan fingerprint density at radius 3 is 2.38 bits per heavy atom. The van der Waals surface area contributed by atoms with Crippen molar-refractivity contribution in [2.24, 2.45) is 0 Å². The molecule has 0 saturated heterocycles. The van der Waals surface area contributed by atoms with Gasteiger partial charge in [0.05, 0.1) is 43.3 Å². The number of hydrogen-bond acceptors (Lipinski definition) is 8. The highest BCUT2D eigenvalue weighted by Gasteiger charge is 2.28. The maximum atomic E-state index is 13.8. The van der Waals surface area contributed by atoms with E-state index in [1.807, 2.05) is 18.2 Å². The molecule has 0 aliphatic heterocycles. The molecular formula is C33H28FN3O7S. The van der Waals surface area contributed by atoms with E-state index in [2.05, 4.69) is 10.3 Å². The zero-order valence-electron chi connectivity index (χ0n) is 24.5. The van der Waals surface area contributed by atoms with Crippen molar-refractivity contribution in [1.82, 2.24) is 10.3 Å². The molecule has 0 unspecified atom stereocenters. The highest BCUT2D eigenvalue weighted by Crippen LogP contribution is 2.43. The molecule has 2 heterocycles. The minimum atomic E-state index is -3.90. The molecule has 6 aromatic rings. The van der Waals surface area contributed by atoms with Gasteiger partial charge in [0, 0.05) is 29.6 Å². The molecule has 6 rings (SSSR count). The zero-order chi connectivity index (χ0) is 31.9. The normalized spacial score (nSPS) is 11.7. The molecule has 0 bridgehead atoms. The molecule has 45 heavy (non-hydrogen) atoms. The van der Waals surface area contributed by atoms with Crippen LogP contribution in [0.15, 0.2) is 87.7 Å². The number of nitrogens with zero attached hydrogens (tertiary/aromatic N) is 2. The molecule has 1 amide bonds. The summed E-state index contributed by atoms with van der Waals surface area (Å²) in [5.41, 5.74) is 3.75. The van der Waals surface area contributed by atoms with Crippen molar-refractivity contribution < 1.29 is 36.3 Å². The summed E-state index contributed by atoms with van der Waals surface area (Å²) in [7, 11) is -0.901. The van der Waals surface area contributed by atoms with Crippen molar-refractivity contribution in [3.05, 3.63) is 90.2 Å². The molecule has 0 radical (unpaired) electrons. The molecule has 230 valence electrons. The van der Waals surface area contributed by atoms with E-state index in [1.165, 1.54) is 44.5 Å². The number of anilines is 1. The van der Waals surface area contributed by atoms with Crippen LogP contribution in [-0.2, 0) is 10.0 Å². The van der Waals surface area contributed by atoms with Gasteiger partial charge in [-0.05, 0) is 60.2 Å². The Bertz CT molecular complexity index is 2140. The van der Waals surface area contributed by atoms with Crippen LogP contribution in [0, 0.1) is 5.82 Å². The summed E-state index contributed by atoms with van der Waals surface area (Å²) < 4.78 is 58.7. The van der Waals surface area contributed by atoms with Crippen molar-refractivity contribution in [3.63, 3.8) is 0 Å². The number of furan rings is 1. The van der Waals surface area contributed by atoms with Gasteiger partial charge in [-0.25, -0.2) is 17.8 Å². The fraction of sp³-hybridized carbons (Fsp3) is 0.152. The Morgan fingerprint density at radius 2 is 1.71 bits per heavy atom. The van der Waals surface area contributed by atoms with Gasteiger partial charge in [-0.3, -0.25) is 9.10 Å². The van der Waals surface area contributed by atoms with Gasteiger partial charge in [0.2, 0.25) is 15.9 Å². The number of oxazole rings is 1. The molecule has 10 nitrogen and oxygen atoms in total. The number of para-hydroxylation sites is 2. The van der Waals surface area contributed by atoms with Crippen molar-refractivity contribution in [1.29, 1.82) is 0 Å². The zero-order valence-corrected chi connectivity index (χ0v) is 25.3. The largest absolute Gasteiger partial charge is 0.496 e. The first-order valence-corrected chi connectivity index (χ1v) is 15.7. The smallest absolute Gasteiger partial charge is 0.255 e. The van der Waals surface area contributed by atoms with E-state index < -0.39 is 28.4 Å². The molecule has 4 aromatic carbocycles. The second-order valence-electron chi connectivity index (χ2n) is 10.2. The van der Waals surface area contributed by atoms with E-state index in [9.17, 15) is 22.7 Å². The number of benzene rings is 4. The topological polar surface area (TPSA) is 135 Å². The summed E-state index contributed by atoms with van der Waals surface area (Å²) in [4.78, 5) is 17.9. The van der Waals surface area contributed by atoms with Crippen molar-refractivity contribution in [2.45, 2.75) is 0 Å². The summed E-state index contributed by atoms with van der Waals surface area (Å²) in [5.74, 6) is 0.0337. The Morgan fingerprint density at radius 1 is 0.978 bits per heavy atom. The third-order valence-corrected chi connectivity index (χ3v) is 8.55. The van der Waals surface area contributed by atoms with Gasteiger partial charge >= 0.3 is 0 Å². The van der Waals surface area contributed by atoms with E-state index in [4.69, 9.17) is 13.6 Å². The second kappa shape index (κ2) is 11.7. The minimum Gasteiger partial charge on any atom is -0.496 e. The number of ether oxygens (including phenoxy) is 1. The number of aliphatic hydroxyl groups is 1. The second-order valence-corrected chi connectivity index (χ2v) is 12.1. The molecule has 0 atom stereocenters. The van der Waals surface area contributed by atoms with Crippen LogP contribution in [0.5, 0.6) is 5.75 Å². The molecule has 0 aliphatic rings. The summed E-state index contributed by atoms with van der Waals surface area (Å²) in [6, 6.07) is 21.2. The molecule has 2 N–H and O–H groups in total. The fourth-order valence-electron chi connectivity index (χ4n) is 5.31. The van der Waals surface area contributed by atoms with Gasteiger partial charge in [-0.2, -0.15) is 0 Å². The standard InChI is InChI=1S/C33H28FN3O7S/c1-35-32(39)30-23-17-22(20-10-13-27(42-2)24(16-20)33-36-25-6-4-5-7-28(25)44-33)26(37(14-15-38)45(3,40)41)18-29(23)43-31(30)19-8-11-21(34)12-9-19/h4-13,16-18,38H,14-15H2,1-3H3,(H,35,39).